The number of aromatic nitrogens is 2. The SMILES string of the molecule is Cc1ccc(Nc2cc(C)nc(Nc3ccc(NC(=O)c4ccc5ccccc5c4)cc3)n2)cc1. The molecule has 5 rings (SSSR count). The van der Waals surface area contributed by atoms with E-state index in [1.165, 1.54) is 5.56 Å². The molecule has 0 aliphatic carbocycles. The molecular weight excluding hydrogens is 434 g/mol. The van der Waals surface area contributed by atoms with Gasteiger partial charge in [0, 0.05) is 34.4 Å². The molecule has 0 fully saturated rings. The normalized spacial score (nSPS) is 10.7. The Hall–Kier alpha value is -4.71. The molecule has 5 aromatic rings. The highest BCUT2D eigenvalue weighted by molar-refractivity contribution is 6.06. The fourth-order valence-corrected chi connectivity index (χ4v) is 3.77. The van der Waals surface area contributed by atoms with Crippen molar-refractivity contribution in [2.75, 3.05) is 16.0 Å². The monoisotopic (exact) mass is 459 g/mol. The number of rotatable bonds is 6. The Morgan fingerprint density at radius 2 is 1.31 bits per heavy atom. The van der Waals surface area contributed by atoms with Crippen LogP contribution in [0.5, 0.6) is 0 Å². The number of carbonyl (C=O) groups excluding carboxylic acids is 1. The quantitative estimate of drug-likeness (QED) is 0.255. The van der Waals surface area contributed by atoms with E-state index >= 15 is 0 Å². The number of nitrogens with zero attached hydrogens (tertiary/aromatic N) is 2. The van der Waals surface area contributed by atoms with Crippen LogP contribution in [0.2, 0.25) is 0 Å². The summed E-state index contributed by atoms with van der Waals surface area (Å²) < 4.78 is 0. The van der Waals surface area contributed by atoms with Crippen LogP contribution in [0.1, 0.15) is 21.6 Å². The van der Waals surface area contributed by atoms with Gasteiger partial charge >= 0.3 is 0 Å². The van der Waals surface area contributed by atoms with Crippen molar-refractivity contribution in [1.82, 2.24) is 9.97 Å². The molecular formula is C29H25N5O. The lowest BCUT2D eigenvalue weighted by Gasteiger charge is -2.11. The van der Waals surface area contributed by atoms with Crippen molar-refractivity contribution in [2.24, 2.45) is 0 Å². The van der Waals surface area contributed by atoms with Crippen LogP contribution in [-0.4, -0.2) is 15.9 Å². The number of carbonyl (C=O) groups is 1. The number of fused-ring (bicyclic) bond motifs is 1. The summed E-state index contributed by atoms with van der Waals surface area (Å²) in [6.07, 6.45) is 0. The lowest BCUT2D eigenvalue weighted by molar-refractivity contribution is 0.102. The summed E-state index contributed by atoms with van der Waals surface area (Å²) in [4.78, 5) is 21.8. The predicted octanol–water partition coefficient (Wildman–Crippen LogP) is 6.99. The Balaban J connectivity index is 1.26. The molecule has 35 heavy (non-hydrogen) atoms. The minimum absolute atomic E-state index is 0.148. The van der Waals surface area contributed by atoms with E-state index in [0.717, 1.165) is 27.8 Å². The second-order valence-electron chi connectivity index (χ2n) is 8.43. The summed E-state index contributed by atoms with van der Waals surface area (Å²) in [6, 6.07) is 31.2. The largest absolute Gasteiger partial charge is 0.340 e. The number of amides is 1. The molecule has 0 unspecified atom stereocenters. The summed E-state index contributed by atoms with van der Waals surface area (Å²) in [5, 5.41) is 11.7. The third-order valence-electron chi connectivity index (χ3n) is 5.59. The first-order valence-electron chi connectivity index (χ1n) is 11.4. The van der Waals surface area contributed by atoms with Crippen molar-refractivity contribution in [3.63, 3.8) is 0 Å². The van der Waals surface area contributed by atoms with Gasteiger partial charge in [0.2, 0.25) is 5.95 Å². The Kier molecular flexibility index (Phi) is 6.09. The molecule has 4 aromatic carbocycles. The minimum Gasteiger partial charge on any atom is -0.340 e. The van der Waals surface area contributed by atoms with Gasteiger partial charge in [-0.3, -0.25) is 4.79 Å². The maximum Gasteiger partial charge on any atom is 0.255 e. The standard InChI is InChI=1S/C29H25N5O/c1-19-7-11-24(12-8-19)31-27-17-20(2)30-29(34-27)33-26-15-13-25(14-16-26)32-28(35)23-10-9-21-5-3-4-6-22(21)18-23/h3-18H,1-2H3,(H,32,35)(H2,30,31,33,34). The summed E-state index contributed by atoms with van der Waals surface area (Å²) >= 11 is 0. The Morgan fingerprint density at radius 1 is 0.657 bits per heavy atom. The molecule has 1 aromatic heterocycles. The average molecular weight is 460 g/mol. The number of hydrogen-bond acceptors (Lipinski definition) is 5. The van der Waals surface area contributed by atoms with E-state index in [0.29, 0.717) is 23.0 Å². The molecule has 0 spiro atoms. The van der Waals surface area contributed by atoms with Gasteiger partial charge in [-0.05, 0) is 73.2 Å². The number of hydrogen-bond donors (Lipinski definition) is 3. The highest BCUT2D eigenvalue weighted by Crippen LogP contribution is 2.22. The number of anilines is 5. The van der Waals surface area contributed by atoms with Gasteiger partial charge in [-0.15, -0.1) is 0 Å². The molecule has 1 heterocycles. The smallest absolute Gasteiger partial charge is 0.255 e. The maximum absolute atomic E-state index is 12.7. The van der Waals surface area contributed by atoms with Gasteiger partial charge in [0.05, 0.1) is 0 Å². The first-order valence-corrected chi connectivity index (χ1v) is 11.4. The van der Waals surface area contributed by atoms with Crippen LogP contribution >= 0.6 is 0 Å². The second-order valence-corrected chi connectivity index (χ2v) is 8.43. The van der Waals surface area contributed by atoms with Crippen molar-refractivity contribution in [2.45, 2.75) is 13.8 Å². The van der Waals surface area contributed by atoms with Crippen LogP contribution in [0.4, 0.5) is 28.8 Å². The Bertz CT molecular complexity index is 1490. The van der Waals surface area contributed by atoms with Crippen LogP contribution in [0.3, 0.4) is 0 Å². The number of aryl methyl sites for hydroxylation is 2. The topological polar surface area (TPSA) is 78.9 Å². The highest BCUT2D eigenvalue weighted by Gasteiger charge is 2.08. The first kappa shape index (κ1) is 22.1. The first-order chi connectivity index (χ1) is 17.0. The van der Waals surface area contributed by atoms with E-state index in [-0.39, 0.29) is 5.91 Å². The molecule has 0 aliphatic heterocycles. The lowest BCUT2D eigenvalue weighted by atomic mass is 10.1. The highest BCUT2D eigenvalue weighted by atomic mass is 16.1. The summed E-state index contributed by atoms with van der Waals surface area (Å²) in [6.45, 7) is 3.99. The molecule has 0 atom stereocenters. The van der Waals surface area contributed by atoms with Gasteiger partial charge in [0.15, 0.2) is 0 Å². The van der Waals surface area contributed by atoms with Crippen molar-refractivity contribution >= 4 is 45.5 Å². The third-order valence-corrected chi connectivity index (χ3v) is 5.59. The van der Waals surface area contributed by atoms with E-state index < -0.39 is 0 Å². The molecule has 6 heteroatoms. The maximum atomic E-state index is 12.7. The molecule has 0 bridgehead atoms. The number of nitrogens with one attached hydrogen (secondary N) is 3. The zero-order valence-electron chi connectivity index (χ0n) is 19.5. The third kappa shape index (κ3) is 5.45. The molecule has 3 N–H and O–H groups in total. The summed E-state index contributed by atoms with van der Waals surface area (Å²) in [5.74, 6) is 1.06. The molecule has 0 radical (unpaired) electrons. The average Bonchev–Trinajstić information content (AvgIpc) is 2.86. The summed E-state index contributed by atoms with van der Waals surface area (Å²) in [7, 11) is 0. The molecule has 6 nitrogen and oxygen atoms in total. The zero-order valence-corrected chi connectivity index (χ0v) is 19.5. The van der Waals surface area contributed by atoms with E-state index in [4.69, 9.17) is 0 Å². The fourth-order valence-electron chi connectivity index (χ4n) is 3.77. The molecule has 0 saturated heterocycles. The molecule has 0 saturated carbocycles. The molecule has 0 aliphatic rings. The van der Waals surface area contributed by atoms with Gasteiger partial charge in [0.25, 0.3) is 5.91 Å². The van der Waals surface area contributed by atoms with Crippen LogP contribution in [0.15, 0.2) is 97.1 Å². The lowest BCUT2D eigenvalue weighted by Crippen LogP contribution is -2.11. The predicted molar refractivity (Wildman–Crippen MR) is 143 cm³/mol. The summed E-state index contributed by atoms with van der Waals surface area (Å²) in [5.41, 5.74) is 5.16. The molecule has 172 valence electrons. The van der Waals surface area contributed by atoms with Crippen LogP contribution in [0, 0.1) is 13.8 Å². The van der Waals surface area contributed by atoms with Crippen molar-refractivity contribution in [3.8, 4) is 0 Å². The van der Waals surface area contributed by atoms with E-state index in [1.807, 2.05) is 91.9 Å². The minimum atomic E-state index is -0.148. The van der Waals surface area contributed by atoms with Gasteiger partial charge in [-0.1, -0.05) is 48.0 Å². The molecule has 1 amide bonds. The van der Waals surface area contributed by atoms with Crippen molar-refractivity contribution < 1.29 is 4.79 Å². The number of benzene rings is 4. The van der Waals surface area contributed by atoms with Crippen molar-refractivity contribution in [1.29, 1.82) is 0 Å². The fraction of sp³-hybridized carbons (Fsp3) is 0.0690. The zero-order chi connectivity index (χ0) is 24.2. The second kappa shape index (κ2) is 9.65. The van der Waals surface area contributed by atoms with Crippen LogP contribution in [0.25, 0.3) is 10.8 Å². The van der Waals surface area contributed by atoms with E-state index in [1.54, 1.807) is 0 Å². The van der Waals surface area contributed by atoms with Gasteiger partial charge in [-0.2, -0.15) is 4.98 Å². The van der Waals surface area contributed by atoms with Gasteiger partial charge in [-0.25, -0.2) is 4.98 Å². The van der Waals surface area contributed by atoms with E-state index in [9.17, 15) is 4.79 Å². The van der Waals surface area contributed by atoms with Gasteiger partial charge in [0.1, 0.15) is 5.82 Å². The Morgan fingerprint density at radius 3 is 2.09 bits per heavy atom. The van der Waals surface area contributed by atoms with Crippen LogP contribution < -0.4 is 16.0 Å². The Labute approximate surface area is 204 Å². The van der Waals surface area contributed by atoms with Gasteiger partial charge < -0.3 is 16.0 Å². The van der Waals surface area contributed by atoms with E-state index in [2.05, 4.69) is 45.0 Å². The van der Waals surface area contributed by atoms with Crippen molar-refractivity contribution in [3.05, 3.63) is 114 Å². The van der Waals surface area contributed by atoms with Crippen LogP contribution in [-0.2, 0) is 0 Å².